The number of hydrogen-bond acceptors (Lipinski definition) is 4. The van der Waals surface area contributed by atoms with Crippen molar-refractivity contribution >= 4 is 5.65 Å². The Morgan fingerprint density at radius 3 is 2.72 bits per heavy atom. The second-order valence-corrected chi connectivity index (χ2v) is 6.72. The summed E-state index contributed by atoms with van der Waals surface area (Å²) >= 11 is 0. The summed E-state index contributed by atoms with van der Waals surface area (Å²) in [7, 11) is 1.41. The molecule has 148 valence electrons. The number of fused-ring (bicyclic) bond motifs is 1. The molecule has 1 aromatic carbocycles. The van der Waals surface area contributed by atoms with Gasteiger partial charge in [0.1, 0.15) is 23.7 Å². The van der Waals surface area contributed by atoms with Crippen LogP contribution in [-0.2, 0) is 19.3 Å². The first-order chi connectivity index (χ1) is 14.1. The maximum Gasteiger partial charge on any atom is 0.168 e. The Labute approximate surface area is 167 Å². The molecular formula is C22H20F2N4O. The van der Waals surface area contributed by atoms with Crippen molar-refractivity contribution in [2.45, 2.75) is 26.2 Å². The van der Waals surface area contributed by atoms with E-state index < -0.39 is 11.6 Å². The number of aryl methyl sites for hydroxylation is 2. The summed E-state index contributed by atoms with van der Waals surface area (Å²) in [5.74, 6) is -1.06. The maximum absolute atomic E-state index is 14.3. The first kappa shape index (κ1) is 19.0. The van der Waals surface area contributed by atoms with E-state index in [0.717, 1.165) is 35.0 Å². The number of pyridine rings is 2. The summed E-state index contributed by atoms with van der Waals surface area (Å²) in [4.78, 5) is 4.25. The van der Waals surface area contributed by atoms with Crippen LogP contribution in [0.1, 0.15) is 23.7 Å². The summed E-state index contributed by atoms with van der Waals surface area (Å²) in [6.45, 7) is 2.10. The number of aromatic nitrogens is 4. The first-order valence-corrected chi connectivity index (χ1v) is 9.39. The van der Waals surface area contributed by atoms with Crippen LogP contribution in [0.4, 0.5) is 8.78 Å². The Kier molecular flexibility index (Phi) is 5.20. The van der Waals surface area contributed by atoms with Gasteiger partial charge in [0.2, 0.25) is 0 Å². The Bertz CT molecular complexity index is 1170. The molecule has 0 spiro atoms. The van der Waals surface area contributed by atoms with Crippen LogP contribution in [-0.4, -0.2) is 26.7 Å². The van der Waals surface area contributed by atoms with Crippen molar-refractivity contribution in [3.63, 3.8) is 0 Å². The van der Waals surface area contributed by atoms with Gasteiger partial charge in [-0.2, -0.15) is 0 Å². The van der Waals surface area contributed by atoms with Gasteiger partial charge in [0.05, 0.1) is 7.11 Å². The van der Waals surface area contributed by atoms with Gasteiger partial charge in [0.15, 0.2) is 5.65 Å². The summed E-state index contributed by atoms with van der Waals surface area (Å²) < 4.78 is 34.8. The molecule has 0 bridgehead atoms. The molecule has 0 fully saturated rings. The zero-order valence-electron chi connectivity index (χ0n) is 16.2. The molecule has 0 amide bonds. The number of rotatable bonds is 6. The Balaban J connectivity index is 1.70. The smallest absolute Gasteiger partial charge is 0.168 e. The van der Waals surface area contributed by atoms with E-state index in [4.69, 9.17) is 4.74 Å². The normalized spacial score (nSPS) is 11.2. The maximum atomic E-state index is 14.3. The minimum atomic E-state index is -0.656. The van der Waals surface area contributed by atoms with Gasteiger partial charge in [0, 0.05) is 46.9 Å². The van der Waals surface area contributed by atoms with Crippen LogP contribution < -0.4 is 4.74 Å². The van der Waals surface area contributed by atoms with Crippen molar-refractivity contribution in [1.29, 1.82) is 0 Å². The van der Waals surface area contributed by atoms with Gasteiger partial charge in [-0.15, -0.1) is 10.2 Å². The zero-order chi connectivity index (χ0) is 20.4. The molecule has 5 nitrogen and oxygen atoms in total. The van der Waals surface area contributed by atoms with Crippen LogP contribution >= 0.6 is 0 Å². The van der Waals surface area contributed by atoms with Crippen molar-refractivity contribution in [3.8, 4) is 16.9 Å². The van der Waals surface area contributed by atoms with Crippen LogP contribution in [0.25, 0.3) is 16.8 Å². The topological polar surface area (TPSA) is 52.3 Å². The standard InChI is InChI=1S/C22H20F2N4O/c1-3-14-8-9-25-12-19(14)17-6-4-16(28-13-26-27-22(17)28)5-7-18-20(24)10-15(23)11-21(18)29-2/h4,6,8-13H,3,5,7H2,1-2H3. The second kappa shape index (κ2) is 7.95. The van der Waals surface area contributed by atoms with E-state index in [1.54, 1.807) is 12.5 Å². The molecule has 0 aliphatic heterocycles. The summed E-state index contributed by atoms with van der Waals surface area (Å²) in [5.41, 5.74) is 5.13. The minimum Gasteiger partial charge on any atom is -0.496 e. The van der Waals surface area contributed by atoms with Crippen LogP contribution in [0.3, 0.4) is 0 Å². The lowest BCUT2D eigenvalue weighted by molar-refractivity contribution is 0.399. The molecule has 4 rings (SSSR count). The van der Waals surface area contributed by atoms with E-state index in [2.05, 4.69) is 22.1 Å². The van der Waals surface area contributed by atoms with Crippen LogP contribution in [0.5, 0.6) is 5.75 Å². The molecule has 0 aliphatic carbocycles. The number of halogens is 2. The van der Waals surface area contributed by atoms with Gasteiger partial charge in [0.25, 0.3) is 0 Å². The average molecular weight is 394 g/mol. The zero-order valence-corrected chi connectivity index (χ0v) is 16.2. The fourth-order valence-electron chi connectivity index (χ4n) is 3.61. The Morgan fingerprint density at radius 2 is 1.93 bits per heavy atom. The number of ether oxygens (including phenoxy) is 1. The van der Waals surface area contributed by atoms with E-state index in [0.29, 0.717) is 18.4 Å². The molecular weight excluding hydrogens is 374 g/mol. The van der Waals surface area contributed by atoms with E-state index in [9.17, 15) is 8.78 Å². The predicted molar refractivity (Wildman–Crippen MR) is 106 cm³/mol. The van der Waals surface area contributed by atoms with Crippen molar-refractivity contribution in [2.24, 2.45) is 0 Å². The molecule has 3 aromatic heterocycles. The average Bonchev–Trinajstić information content (AvgIpc) is 3.22. The quantitative estimate of drug-likeness (QED) is 0.486. The van der Waals surface area contributed by atoms with Gasteiger partial charge < -0.3 is 4.74 Å². The van der Waals surface area contributed by atoms with Crippen molar-refractivity contribution in [2.75, 3.05) is 7.11 Å². The molecule has 0 radical (unpaired) electrons. The van der Waals surface area contributed by atoms with E-state index >= 15 is 0 Å². The molecule has 0 N–H and O–H groups in total. The molecule has 0 unspecified atom stereocenters. The molecule has 0 saturated carbocycles. The number of methoxy groups -OCH3 is 1. The molecule has 4 aromatic rings. The van der Waals surface area contributed by atoms with Crippen LogP contribution in [0.15, 0.2) is 49.1 Å². The SMILES string of the molecule is CCc1ccncc1-c1ccc(CCc2c(F)cc(F)cc2OC)n2cnnc12. The van der Waals surface area contributed by atoms with Crippen molar-refractivity contribution in [1.82, 2.24) is 19.6 Å². The van der Waals surface area contributed by atoms with Gasteiger partial charge in [-0.3, -0.25) is 9.38 Å². The number of nitrogens with zero attached hydrogens (tertiary/aromatic N) is 4. The largest absolute Gasteiger partial charge is 0.496 e. The van der Waals surface area contributed by atoms with Gasteiger partial charge >= 0.3 is 0 Å². The lowest BCUT2D eigenvalue weighted by atomic mass is 10.00. The highest BCUT2D eigenvalue weighted by Gasteiger charge is 2.15. The van der Waals surface area contributed by atoms with Crippen molar-refractivity contribution in [3.05, 3.63) is 77.5 Å². The second-order valence-electron chi connectivity index (χ2n) is 6.72. The molecule has 29 heavy (non-hydrogen) atoms. The molecule has 0 aliphatic rings. The number of benzene rings is 1. The van der Waals surface area contributed by atoms with E-state index in [1.165, 1.54) is 18.7 Å². The first-order valence-electron chi connectivity index (χ1n) is 9.39. The number of hydrogen-bond donors (Lipinski definition) is 0. The van der Waals surface area contributed by atoms with Crippen LogP contribution in [0.2, 0.25) is 0 Å². The Hall–Kier alpha value is -3.35. The fraction of sp³-hybridized carbons (Fsp3) is 0.227. The van der Waals surface area contributed by atoms with Crippen molar-refractivity contribution < 1.29 is 13.5 Å². The lowest BCUT2D eigenvalue weighted by Crippen LogP contribution is -2.04. The summed E-state index contributed by atoms with van der Waals surface area (Å²) in [6, 6.07) is 8.05. The lowest BCUT2D eigenvalue weighted by Gasteiger charge is -2.13. The minimum absolute atomic E-state index is 0.210. The molecule has 3 heterocycles. The van der Waals surface area contributed by atoms with Gasteiger partial charge in [-0.1, -0.05) is 6.92 Å². The summed E-state index contributed by atoms with van der Waals surface area (Å²) in [6.07, 6.45) is 7.01. The van der Waals surface area contributed by atoms with E-state index in [-0.39, 0.29) is 5.75 Å². The molecule has 7 heteroatoms. The van der Waals surface area contributed by atoms with Gasteiger partial charge in [-0.05, 0) is 43.0 Å². The van der Waals surface area contributed by atoms with Gasteiger partial charge in [-0.25, -0.2) is 8.78 Å². The molecule has 0 atom stereocenters. The Morgan fingerprint density at radius 1 is 1.07 bits per heavy atom. The fourth-order valence-corrected chi connectivity index (χ4v) is 3.61. The third-order valence-electron chi connectivity index (χ3n) is 5.09. The predicted octanol–water partition coefficient (Wildman–Crippen LogP) is 4.43. The highest BCUT2D eigenvalue weighted by atomic mass is 19.1. The van der Waals surface area contributed by atoms with E-state index in [1.807, 2.05) is 28.8 Å². The highest BCUT2D eigenvalue weighted by molar-refractivity contribution is 5.79. The summed E-state index contributed by atoms with van der Waals surface area (Å²) in [5, 5.41) is 8.35. The monoisotopic (exact) mass is 394 g/mol. The highest BCUT2D eigenvalue weighted by Crippen LogP contribution is 2.29. The molecule has 0 saturated heterocycles. The van der Waals surface area contributed by atoms with Crippen LogP contribution in [0, 0.1) is 11.6 Å². The third kappa shape index (κ3) is 3.55. The third-order valence-corrected chi connectivity index (χ3v) is 5.09.